The maximum absolute atomic E-state index is 3.84. The number of benzene rings is 11. The molecule has 336 valence electrons. The predicted octanol–water partition coefficient (Wildman–Crippen LogP) is 17.1. The van der Waals surface area contributed by atoms with Crippen molar-refractivity contribution in [3.63, 3.8) is 0 Å². The van der Waals surface area contributed by atoms with E-state index in [-0.39, 0.29) is 6.17 Å². The number of hydrogen-bond donors (Lipinski definition) is 1. The van der Waals surface area contributed by atoms with E-state index in [1.54, 1.807) is 0 Å². The van der Waals surface area contributed by atoms with E-state index in [0.717, 1.165) is 24.2 Å². The fraction of sp³-hybridized carbons (Fsp3) is 0.0435. The highest BCUT2D eigenvalue weighted by atomic mass is 15.3. The highest BCUT2D eigenvalue weighted by Crippen LogP contribution is 2.46. The number of nitrogens with one attached hydrogen (secondary N) is 1. The van der Waals surface area contributed by atoms with Crippen molar-refractivity contribution in [2.45, 2.75) is 19.0 Å². The Morgan fingerprint density at radius 3 is 1.20 bits per heavy atom. The number of rotatable bonds is 9. The van der Waals surface area contributed by atoms with Crippen LogP contribution in [0.15, 0.2) is 255 Å². The zero-order valence-corrected chi connectivity index (χ0v) is 39.3. The summed E-state index contributed by atoms with van der Waals surface area (Å²) in [5.74, 6) is 0. The maximum atomic E-state index is 3.84. The zero-order valence-electron chi connectivity index (χ0n) is 39.3. The van der Waals surface area contributed by atoms with Gasteiger partial charge in [0.1, 0.15) is 6.17 Å². The van der Waals surface area contributed by atoms with Crippen molar-refractivity contribution < 1.29 is 0 Å². The van der Waals surface area contributed by atoms with Gasteiger partial charge in [-0.25, -0.2) is 0 Å². The Morgan fingerprint density at radius 1 is 0.310 bits per heavy atom. The number of nitrogens with zero attached hydrogens (tertiary/aromatic N) is 1. The summed E-state index contributed by atoms with van der Waals surface area (Å²) in [5.41, 5.74) is 21.7. The highest BCUT2D eigenvalue weighted by molar-refractivity contribution is 6.08. The van der Waals surface area contributed by atoms with Gasteiger partial charge in [0, 0.05) is 5.69 Å². The molecule has 13 rings (SSSR count). The van der Waals surface area contributed by atoms with E-state index in [9.17, 15) is 0 Å². The molecule has 0 aromatic heterocycles. The van der Waals surface area contributed by atoms with Crippen LogP contribution in [0, 0.1) is 0 Å². The van der Waals surface area contributed by atoms with Gasteiger partial charge in [-0.05, 0) is 184 Å². The molecular formula is C69H50N2. The molecule has 11 aromatic carbocycles. The summed E-state index contributed by atoms with van der Waals surface area (Å²) in [6, 6.07) is 93.5. The summed E-state index contributed by atoms with van der Waals surface area (Å²) in [5, 5.41) is 8.93. The third kappa shape index (κ3) is 7.90. The predicted molar refractivity (Wildman–Crippen MR) is 301 cm³/mol. The number of anilines is 3. The smallest absolute Gasteiger partial charge is 0.130 e. The minimum absolute atomic E-state index is 0.0453. The highest BCUT2D eigenvalue weighted by Gasteiger charge is 2.31. The van der Waals surface area contributed by atoms with Gasteiger partial charge in [-0.15, -0.1) is 0 Å². The summed E-state index contributed by atoms with van der Waals surface area (Å²) >= 11 is 0. The van der Waals surface area contributed by atoms with E-state index in [0.29, 0.717) is 0 Å². The van der Waals surface area contributed by atoms with Crippen LogP contribution in [0.3, 0.4) is 0 Å². The fourth-order valence-electron chi connectivity index (χ4n) is 11.1. The molecule has 2 nitrogen and oxygen atoms in total. The van der Waals surface area contributed by atoms with Gasteiger partial charge in [0.25, 0.3) is 0 Å². The van der Waals surface area contributed by atoms with Gasteiger partial charge in [-0.3, -0.25) is 0 Å². The monoisotopic (exact) mass is 906 g/mol. The molecule has 0 amide bonds. The van der Waals surface area contributed by atoms with Crippen LogP contribution in [0.2, 0.25) is 0 Å². The number of fused-ring (bicyclic) bond motifs is 3. The Balaban J connectivity index is 1.04. The first kappa shape index (κ1) is 42.1. The van der Waals surface area contributed by atoms with Crippen LogP contribution in [-0.4, -0.2) is 0 Å². The van der Waals surface area contributed by atoms with Crippen LogP contribution in [0.4, 0.5) is 17.1 Å². The van der Waals surface area contributed by atoms with E-state index in [1.165, 1.54) is 110 Å². The molecule has 1 N–H and O–H groups in total. The van der Waals surface area contributed by atoms with Crippen LogP contribution in [0.5, 0.6) is 0 Å². The lowest BCUT2D eigenvalue weighted by atomic mass is 9.83. The minimum Gasteiger partial charge on any atom is -0.359 e. The maximum Gasteiger partial charge on any atom is 0.130 e. The van der Waals surface area contributed by atoms with Crippen LogP contribution < -0.4 is 20.7 Å². The normalized spacial score (nSPS) is 13.7. The fourth-order valence-corrected chi connectivity index (χ4v) is 11.1. The van der Waals surface area contributed by atoms with E-state index >= 15 is 0 Å². The van der Waals surface area contributed by atoms with Crippen molar-refractivity contribution in [3.8, 4) is 77.9 Å². The van der Waals surface area contributed by atoms with E-state index in [2.05, 4.69) is 277 Å². The van der Waals surface area contributed by atoms with Gasteiger partial charge in [0.15, 0.2) is 0 Å². The lowest BCUT2D eigenvalue weighted by molar-refractivity contribution is 0.828. The Kier molecular flexibility index (Phi) is 10.8. The first-order valence-electron chi connectivity index (χ1n) is 24.8. The standard InChI is InChI=1S/C69H50N2/c1-6-20-47(21-7-1)54-40-55(48-22-8-2-9-23-48)43-58(42-54)67-61-30-16-17-31-62(61)68(59-44-56(49-24-10-3-11-25-49)41-57(45-59)50-26-12-4-13-27-50)64-46-53(38-39-63(64)67)51-34-36-52(37-35-51)69-70-65-32-18-19-33-66(65)71(69)60-28-14-5-15-29-60/h1-15,18-46,69-70H,16-17H2. The topological polar surface area (TPSA) is 15.3 Å². The van der Waals surface area contributed by atoms with E-state index in [4.69, 9.17) is 0 Å². The van der Waals surface area contributed by atoms with Gasteiger partial charge in [0.05, 0.1) is 11.4 Å². The molecule has 2 heteroatoms. The second kappa shape index (κ2) is 18.2. The van der Waals surface area contributed by atoms with Gasteiger partial charge >= 0.3 is 0 Å². The molecule has 1 aliphatic carbocycles. The van der Waals surface area contributed by atoms with Crippen LogP contribution in [0.25, 0.3) is 101 Å². The summed E-state index contributed by atoms with van der Waals surface area (Å²) in [4.78, 5) is 2.41. The Labute approximate surface area is 415 Å². The average molecular weight is 907 g/mol. The Morgan fingerprint density at radius 2 is 0.704 bits per heavy atom. The van der Waals surface area contributed by atoms with Crippen LogP contribution in [0.1, 0.15) is 24.6 Å². The first-order valence-corrected chi connectivity index (χ1v) is 24.8. The molecule has 11 aromatic rings. The molecule has 0 saturated carbocycles. The molecule has 71 heavy (non-hydrogen) atoms. The zero-order chi connectivity index (χ0) is 47.1. The summed E-state index contributed by atoms with van der Waals surface area (Å²) in [6.45, 7) is 0. The minimum atomic E-state index is -0.0453. The van der Waals surface area contributed by atoms with Crippen molar-refractivity contribution >= 4 is 40.0 Å². The van der Waals surface area contributed by atoms with Gasteiger partial charge in [0.2, 0.25) is 0 Å². The number of para-hydroxylation sites is 3. The van der Waals surface area contributed by atoms with Crippen molar-refractivity contribution in [1.29, 1.82) is 0 Å². The van der Waals surface area contributed by atoms with Crippen molar-refractivity contribution in [2.75, 3.05) is 10.2 Å². The molecule has 0 fully saturated rings. The molecule has 0 spiro atoms. The largest absolute Gasteiger partial charge is 0.359 e. The third-order valence-electron chi connectivity index (χ3n) is 14.4. The number of hydrogen-bond acceptors (Lipinski definition) is 2. The molecule has 1 unspecified atom stereocenters. The first-order chi connectivity index (χ1) is 35.2. The van der Waals surface area contributed by atoms with E-state index in [1.807, 2.05) is 0 Å². The molecule has 1 atom stereocenters. The third-order valence-corrected chi connectivity index (χ3v) is 14.4. The quantitative estimate of drug-likeness (QED) is 0.155. The van der Waals surface area contributed by atoms with E-state index < -0.39 is 0 Å². The van der Waals surface area contributed by atoms with Gasteiger partial charge in [-0.1, -0.05) is 200 Å². The van der Waals surface area contributed by atoms with Crippen LogP contribution >= 0.6 is 0 Å². The summed E-state index contributed by atoms with van der Waals surface area (Å²) < 4.78 is 0. The van der Waals surface area contributed by atoms with Crippen LogP contribution in [-0.2, 0) is 0 Å². The SMILES string of the molecule is C1=c2c(-c3cc(-c4ccccc4)cc(-c4ccccc4)c3)c3ccc(-c4ccc(C5Nc6ccccc6N5c5ccccc5)cc4)cc3c(-c3cc(-c4ccccc4)cc(-c4ccccc4)c3)c2=CCC1. The second-order valence-corrected chi connectivity index (χ2v) is 18.8. The molecule has 0 radical (unpaired) electrons. The Bertz CT molecular complexity index is 3750. The molecule has 1 aliphatic heterocycles. The van der Waals surface area contributed by atoms with Crippen molar-refractivity contribution in [2.24, 2.45) is 0 Å². The summed E-state index contributed by atoms with van der Waals surface area (Å²) in [6.07, 6.45) is 6.94. The molecular weight excluding hydrogens is 857 g/mol. The van der Waals surface area contributed by atoms with Gasteiger partial charge < -0.3 is 10.2 Å². The van der Waals surface area contributed by atoms with Crippen molar-refractivity contribution in [1.82, 2.24) is 0 Å². The molecule has 2 aliphatic rings. The molecule has 0 bridgehead atoms. The van der Waals surface area contributed by atoms with Crippen molar-refractivity contribution in [3.05, 3.63) is 271 Å². The summed E-state index contributed by atoms with van der Waals surface area (Å²) in [7, 11) is 0. The average Bonchev–Trinajstić information content (AvgIpc) is 3.85. The lowest BCUT2D eigenvalue weighted by Gasteiger charge is -2.27. The molecule has 0 saturated heterocycles. The second-order valence-electron chi connectivity index (χ2n) is 18.8. The Hall–Kier alpha value is -8.98. The lowest BCUT2D eigenvalue weighted by Crippen LogP contribution is -2.31. The van der Waals surface area contributed by atoms with Gasteiger partial charge in [-0.2, -0.15) is 0 Å². The molecule has 1 heterocycles.